The minimum Gasteiger partial charge on any atom is -0.449 e. The summed E-state index contributed by atoms with van der Waals surface area (Å²) in [5.74, 6) is 3.96. The topological polar surface area (TPSA) is 83.8 Å². The van der Waals surface area contributed by atoms with E-state index in [0.717, 1.165) is 23.7 Å². The zero-order chi connectivity index (χ0) is 15.2. The summed E-state index contributed by atoms with van der Waals surface area (Å²) < 4.78 is 3.08. The highest BCUT2D eigenvalue weighted by atomic mass is 16.7. The van der Waals surface area contributed by atoms with Crippen molar-refractivity contribution in [2.75, 3.05) is 0 Å². The van der Waals surface area contributed by atoms with E-state index in [1.807, 2.05) is 0 Å². The van der Waals surface area contributed by atoms with Crippen molar-refractivity contribution in [2.24, 2.45) is 23.7 Å². The van der Waals surface area contributed by atoms with E-state index in [9.17, 15) is 9.59 Å². The van der Waals surface area contributed by atoms with Crippen LogP contribution in [0, 0.1) is 23.7 Å². The summed E-state index contributed by atoms with van der Waals surface area (Å²) in [4.78, 5) is 18.4. The molecule has 0 aromatic rings. The molecule has 0 radical (unpaired) electrons. The lowest BCUT2D eigenvalue weighted by Crippen LogP contribution is -2.05. The van der Waals surface area contributed by atoms with E-state index < -0.39 is 12.3 Å². The number of rotatable bonds is 0. The van der Waals surface area contributed by atoms with Crippen molar-refractivity contribution >= 4 is 12.3 Å². The predicted molar refractivity (Wildman–Crippen MR) is 77.1 cm³/mol. The average Bonchev–Trinajstić information content (AvgIpc) is 3.21. The van der Waals surface area contributed by atoms with Crippen molar-refractivity contribution in [2.45, 2.75) is 38.5 Å². The maximum atomic E-state index is 9.21. The van der Waals surface area contributed by atoms with E-state index in [2.05, 4.69) is 29.0 Å². The van der Waals surface area contributed by atoms with Gasteiger partial charge in [-0.15, -0.1) is 0 Å². The van der Waals surface area contributed by atoms with Gasteiger partial charge in [0.15, 0.2) is 0 Å². The minimum absolute atomic E-state index is 0.991. The first kappa shape index (κ1) is 15.6. The van der Waals surface area contributed by atoms with E-state index in [4.69, 9.17) is 10.2 Å². The third kappa shape index (κ3) is 5.25. The van der Waals surface area contributed by atoms with Gasteiger partial charge in [-0.1, -0.05) is 24.3 Å². The summed E-state index contributed by atoms with van der Waals surface area (Å²) in [6, 6.07) is 0. The van der Waals surface area contributed by atoms with Gasteiger partial charge in [-0.05, 0) is 62.2 Å². The Bertz CT molecular complexity index is 376. The van der Waals surface area contributed by atoms with E-state index in [1.165, 1.54) is 38.5 Å². The van der Waals surface area contributed by atoms with Gasteiger partial charge in [0.05, 0.1) is 0 Å². The fourth-order valence-electron chi connectivity index (χ4n) is 3.51. The van der Waals surface area contributed by atoms with E-state index in [-0.39, 0.29) is 0 Å². The molecule has 0 spiro atoms. The average molecular weight is 294 g/mol. The lowest BCUT2D eigenvalue weighted by Gasteiger charge is -1.96. The SMILES string of the molecule is C1=CC2CCC1C2.C1=CC2CCC1C2.O=C(O)OC(=O)O. The lowest BCUT2D eigenvalue weighted by molar-refractivity contribution is 0.0802. The zero-order valence-electron chi connectivity index (χ0n) is 12.0. The lowest BCUT2D eigenvalue weighted by atomic mass is 10.1. The molecule has 0 aliphatic heterocycles. The van der Waals surface area contributed by atoms with Gasteiger partial charge >= 0.3 is 12.3 Å². The van der Waals surface area contributed by atoms with Crippen LogP contribution in [0.1, 0.15) is 38.5 Å². The molecular weight excluding hydrogens is 272 g/mol. The standard InChI is InChI=1S/2C7H10.C2H2O5/c2*1-2-7-4-3-6(1)5-7;3-1(4)7-2(5)6/h2*1-2,6-7H,3-5H2;(H,3,4)(H,5,6). The number of hydrogen-bond donors (Lipinski definition) is 2. The highest BCUT2D eigenvalue weighted by Gasteiger charge is 2.25. The van der Waals surface area contributed by atoms with Crippen molar-refractivity contribution in [1.29, 1.82) is 0 Å². The molecule has 5 heteroatoms. The van der Waals surface area contributed by atoms with Crippen LogP contribution in [0.4, 0.5) is 9.59 Å². The first-order valence-corrected chi connectivity index (χ1v) is 7.53. The molecule has 2 fully saturated rings. The number of hydrogen-bond acceptors (Lipinski definition) is 3. The Labute approximate surface area is 124 Å². The number of allylic oxidation sites excluding steroid dienone is 4. The highest BCUT2D eigenvalue weighted by Crippen LogP contribution is 2.38. The summed E-state index contributed by atoms with van der Waals surface area (Å²) >= 11 is 0. The molecule has 4 rings (SSSR count). The molecule has 4 atom stereocenters. The van der Waals surface area contributed by atoms with Crippen LogP contribution in [-0.2, 0) is 4.74 Å². The van der Waals surface area contributed by atoms with Crippen molar-refractivity contribution in [3.8, 4) is 0 Å². The fraction of sp³-hybridized carbons (Fsp3) is 0.625. The fourth-order valence-corrected chi connectivity index (χ4v) is 3.51. The molecule has 2 saturated carbocycles. The van der Waals surface area contributed by atoms with Crippen LogP contribution in [0.2, 0.25) is 0 Å². The van der Waals surface area contributed by atoms with Crippen LogP contribution in [0.5, 0.6) is 0 Å². The van der Waals surface area contributed by atoms with Gasteiger partial charge in [0.1, 0.15) is 0 Å². The maximum Gasteiger partial charge on any atom is 0.516 e. The quantitative estimate of drug-likeness (QED) is 0.395. The molecule has 0 aromatic carbocycles. The van der Waals surface area contributed by atoms with E-state index in [0.29, 0.717) is 0 Å². The molecule has 4 unspecified atom stereocenters. The Balaban J connectivity index is 0.000000115. The van der Waals surface area contributed by atoms with Gasteiger partial charge in [0.2, 0.25) is 0 Å². The largest absolute Gasteiger partial charge is 0.516 e. The first-order chi connectivity index (χ1) is 10.0. The van der Waals surface area contributed by atoms with Crippen molar-refractivity contribution in [3.63, 3.8) is 0 Å². The molecular formula is C16H22O5. The predicted octanol–water partition coefficient (Wildman–Crippen LogP) is 4.30. The molecule has 21 heavy (non-hydrogen) atoms. The molecule has 0 aromatic heterocycles. The van der Waals surface area contributed by atoms with Crippen molar-refractivity contribution in [1.82, 2.24) is 0 Å². The van der Waals surface area contributed by atoms with Crippen molar-refractivity contribution in [3.05, 3.63) is 24.3 Å². The molecule has 2 N–H and O–H groups in total. The zero-order valence-corrected chi connectivity index (χ0v) is 12.0. The first-order valence-electron chi connectivity index (χ1n) is 7.53. The second kappa shape index (κ2) is 7.29. The molecule has 4 aliphatic rings. The monoisotopic (exact) mass is 294 g/mol. The van der Waals surface area contributed by atoms with Gasteiger partial charge in [0.25, 0.3) is 0 Å². The van der Waals surface area contributed by atoms with Gasteiger partial charge in [-0.3, -0.25) is 0 Å². The third-order valence-electron chi connectivity index (χ3n) is 4.51. The van der Waals surface area contributed by atoms with Crippen LogP contribution < -0.4 is 0 Å². The van der Waals surface area contributed by atoms with Crippen LogP contribution in [0.15, 0.2) is 24.3 Å². The van der Waals surface area contributed by atoms with E-state index in [1.54, 1.807) is 0 Å². The van der Waals surface area contributed by atoms with Crippen LogP contribution in [-0.4, -0.2) is 22.5 Å². The van der Waals surface area contributed by atoms with Gasteiger partial charge < -0.3 is 14.9 Å². The second-order valence-electron chi connectivity index (χ2n) is 6.07. The Morgan fingerprint density at radius 3 is 1.05 bits per heavy atom. The molecule has 0 saturated heterocycles. The number of carboxylic acid groups (broad SMARTS) is 2. The highest BCUT2D eigenvalue weighted by molar-refractivity contribution is 5.74. The van der Waals surface area contributed by atoms with Gasteiger partial charge in [0, 0.05) is 0 Å². The Morgan fingerprint density at radius 1 is 0.714 bits per heavy atom. The number of ether oxygens (including phenoxy) is 1. The molecule has 4 aliphatic carbocycles. The summed E-state index contributed by atoms with van der Waals surface area (Å²) in [5, 5.41) is 15.0. The minimum atomic E-state index is -1.81. The smallest absolute Gasteiger partial charge is 0.449 e. The van der Waals surface area contributed by atoms with Crippen LogP contribution in [0.3, 0.4) is 0 Å². The Hall–Kier alpha value is -1.78. The molecule has 5 nitrogen and oxygen atoms in total. The Kier molecular flexibility index (Phi) is 5.42. The van der Waals surface area contributed by atoms with Crippen LogP contribution >= 0.6 is 0 Å². The molecule has 116 valence electrons. The van der Waals surface area contributed by atoms with Crippen molar-refractivity contribution < 1.29 is 24.5 Å². The van der Waals surface area contributed by atoms with E-state index >= 15 is 0 Å². The second-order valence-corrected chi connectivity index (χ2v) is 6.07. The molecule has 0 amide bonds. The summed E-state index contributed by atoms with van der Waals surface area (Å²) in [6.07, 6.45) is 14.7. The van der Waals surface area contributed by atoms with Gasteiger partial charge in [-0.2, -0.15) is 0 Å². The normalized spacial score (nSPS) is 33.0. The molecule has 4 bridgehead atoms. The van der Waals surface area contributed by atoms with Crippen LogP contribution in [0.25, 0.3) is 0 Å². The third-order valence-corrected chi connectivity index (χ3v) is 4.51. The Morgan fingerprint density at radius 2 is 1.00 bits per heavy atom. The summed E-state index contributed by atoms with van der Waals surface area (Å²) in [6.45, 7) is 0. The summed E-state index contributed by atoms with van der Waals surface area (Å²) in [7, 11) is 0. The summed E-state index contributed by atoms with van der Waals surface area (Å²) in [5.41, 5.74) is 0. The number of fused-ring (bicyclic) bond motifs is 4. The molecule has 0 heterocycles. The number of carbonyl (C=O) groups is 2. The van der Waals surface area contributed by atoms with Gasteiger partial charge in [-0.25, -0.2) is 9.59 Å². The maximum absolute atomic E-state index is 9.21.